The summed E-state index contributed by atoms with van der Waals surface area (Å²) in [7, 11) is 0. The Morgan fingerprint density at radius 2 is 1.30 bits per heavy atom. The fourth-order valence-corrected chi connectivity index (χ4v) is 10.7. The van der Waals surface area contributed by atoms with Gasteiger partial charge in [0.05, 0.1) is 26.9 Å². The zero-order valence-electron chi connectivity index (χ0n) is 31.5. The van der Waals surface area contributed by atoms with Crippen molar-refractivity contribution in [2.75, 3.05) is 0 Å². The van der Waals surface area contributed by atoms with E-state index in [2.05, 4.69) is 184 Å². The van der Waals surface area contributed by atoms with Crippen LogP contribution in [-0.4, -0.2) is 14.5 Å². The number of allylic oxidation sites excluding steroid dienone is 1. The molecule has 0 bridgehead atoms. The zero-order chi connectivity index (χ0) is 37.7. The first-order valence-electron chi connectivity index (χ1n) is 19.2. The van der Waals surface area contributed by atoms with Gasteiger partial charge in [-0.3, -0.25) is 0 Å². The molecule has 266 valence electrons. The lowest BCUT2D eigenvalue weighted by Gasteiger charge is -2.22. The minimum Gasteiger partial charge on any atom is -0.308 e. The molecular weight excluding hydrogens is 699 g/mol. The summed E-state index contributed by atoms with van der Waals surface area (Å²) >= 11 is 1.85. The number of nitrogens with zero attached hydrogens (tertiary/aromatic N) is 3. The van der Waals surface area contributed by atoms with Gasteiger partial charge in [0.2, 0.25) is 0 Å². The van der Waals surface area contributed by atoms with Crippen LogP contribution in [0.15, 0.2) is 152 Å². The van der Waals surface area contributed by atoms with Gasteiger partial charge >= 0.3 is 0 Å². The van der Waals surface area contributed by atoms with Gasteiger partial charge in [-0.15, -0.1) is 11.3 Å². The van der Waals surface area contributed by atoms with Crippen molar-refractivity contribution < 1.29 is 0 Å². The van der Waals surface area contributed by atoms with Crippen molar-refractivity contribution in [3.05, 3.63) is 174 Å². The molecule has 0 unspecified atom stereocenters. The van der Waals surface area contributed by atoms with Crippen molar-refractivity contribution in [3.8, 4) is 39.5 Å². The van der Waals surface area contributed by atoms with Crippen molar-refractivity contribution >= 4 is 77.1 Å². The van der Waals surface area contributed by atoms with Crippen LogP contribution in [0.3, 0.4) is 0 Å². The molecule has 0 spiro atoms. The van der Waals surface area contributed by atoms with Crippen LogP contribution in [0.1, 0.15) is 42.3 Å². The third kappa shape index (κ3) is 4.57. The standard InChI is InChI=1S/C52H37N3S/c1-5-15-45-34(6-2)47-38-18-8-7-17-37(38)46-40-20-11-14-23-44(40)55(49(46)50(47)56-45)33-27-24-31(25-28-33)51-53-43-22-13-10-19-39(43)48(54-51)32-26-29-36-35-16-9-12-21-41(35)52(3,4)42(36)30-32/h5-30H,2H2,1,3-4H3/b15-5-. The molecule has 11 rings (SSSR count). The maximum atomic E-state index is 5.34. The average Bonchev–Trinajstić information content (AvgIpc) is 3.86. The van der Waals surface area contributed by atoms with Crippen molar-refractivity contribution in [1.82, 2.24) is 14.5 Å². The van der Waals surface area contributed by atoms with Gasteiger partial charge in [0.1, 0.15) is 0 Å². The van der Waals surface area contributed by atoms with Gasteiger partial charge in [0, 0.05) is 54.2 Å². The lowest BCUT2D eigenvalue weighted by atomic mass is 9.82. The monoisotopic (exact) mass is 735 g/mol. The Balaban J connectivity index is 1.10. The molecule has 4 heteroatoms. The number of benzene rings is 7. The summed E-state index contributed by atoms with van der Waals surface area (Å²) in [4.78, 5) is 11.7. The summed E-state index contributed by atoms with van der Waals surface area (Å²) in [5, 5.41) is 7.35. The summed E-state index contributed by atoms with van der Waals surface area (Å²) in [5.74, 6) is 0.716. The molecule has 0 atom stereocenters. The molecule has 56 heavy (non-hydrogen) atoms. The van der Waals surface area contributed by atoms with E-state index in [-0.39, 0.29) is 5.41 Å². The number of thiophene rings is 1. The van der Waals surface area contributed by atoms with E-state index in [0.717, 1.165) is 33.4 Å². The van der Waals surface area contributed by atoms with Gasteiger partial charge < -0.3 is 4.57 Å². The van der Waals surface area contributed by atoms with Crippen LogP contribution in [0.4, 0.5) is 0 Å². The minimum atomic E-state index is -0.0985. The Labute approximate surface area is 329 Å². The van der Waals surface area contributed by atoms with E-state index in [9.17, 15) is 0 Å². The van der Waals surface area contributed by atoms with Gasteiger partial charge in [-0.2, -0.15) is 0 Å². The number of hydrogen-bond acceptors (Lipinski definition) is 3. The molecule has 3 heterocycles. The third-order valence-corrected chi connectivity index (χ3v) is 13.1. The fourth-order valence-electron chi connectivity index (χ4n) is 9.33. The number of rotatable bonds is 5. The predicted molar refractivity (Wildman–Crippen MR) is 240 cm³/mol. The van der Waals surface area contributed by atoms with E-state index in [0.29, 0.717) is 5.82 Å². The Morgan fingerprint density at radius 1 is 0.643 bits per heavy atom. The molecule has 10 aromatic rings. The first-order chi connectivity index (χ1) is 27.5. The summed E-state index contributed by atoms with van der Waals surface area (Å²) in [6, 6.07) is 50.5. The quantitative estimate of drug-likeness (QED) is 0.176. The van der Waals surface area contributed by atoms with Crippen LogP contribution in [0.25, 0.3) is 105 Å². The Hall–Kier alpha value is -6.62. The van der Waals surface area contributed by atoms with Gasteiger partial charge in [0.25, 0.3) is 0 Å². The molecule has 7 aromatic carbocycles. The third-order valence-electron chi connectivity index (χ3n) is 11.9. The summed E-state index contributed by atoms with van der Waals surface area (Å²) < 4.78 is 3.72. The molecule has 0 amide bonds. The molecule has 1 aliphatic carbocycles. The number of aromatic nitrogens is 3. The minimum absolute atomic E-state index is 0.0985. The summed E-state index contributed by atoms with van der Waals surface area (Å²) in [5.41, 5.74) is 13.9. The highest BCUT2D eigenvalue weighted by molar-refractivity contribution is 7.21. The topological polar surface area (TPSA) is 30.7 Å². The molecule has 0 N–H and O–H groups in total. The molecule has 3 aromatic heterocycles. The van der Waals surface area contributed by atoms with E-state index in [1.165, 1.54) is 75.4 Å². The highest BCUT2D eigenvalue weighted by atomic mass is 32.1. The van der Waals surface area contributed by atoms with E-state index in [1.54, 1.807) is 0 Å². The highest BCUT2D eigenvalue weighted by Crippen LogP contribution is 2.50. The van der Waals surface area contributed by atoms with E-state index in [1.807, 2.05) is 17.4 Å². The Bertz CT molecular complexity index is 3300. The second kappa shape index (κ2) is 12.2. The van der Waals surface area contributed by atoms with Crippen LogP contribution in [0, 0.1) is 0 Å². The summed E-state index contributed by atoms with van der Waals surface area (Å²) in [6.07, 6.45) is 6.36. The lowest BCUT2D eigenvalue weighted by molar-refractivity contribution is 0.660. The van der Waals surface area contributed by atoms with E-state index < -0.39 is 0 Å². The second-order valence-corrected chi connectivity index (χ2v) is 16.4. The smallest absolute Gasteiger partial charge is 0.160 e. The summed E-state index contributed by atoms with van der Waals surface area (Å²) in [6.45, 7) is 11.0. The number of para-hydroxylation sites is 2. The Kier molecular flexibility index (Phi) is 7.14. The lowest BCUT2D eigenvalue weighted by Crippen LogP contribution is -2.14. The maximum Gasteiger partial charge on any atom is 0.160 e. The van der Waals surface area contributed by atoms with Crippen molar-refractivity contribution in [3.63, 3.8) is 0 Å². The van der Waals surface area contributed by atoms with Crippen LogP contribution in [0.5, 0.6) is 0 Å². The molecule has 3 nitrogen and oxygen atoms in total. The SMILES string of the molecule is C=Cc1c(/C=C\C)sc2c1c1ccccc1c1c3ccccc3n(-c3ccc(-c4nc(-c5ccc6c(c5)C(C)(C)c5ccccc5-6)c5ccccc5n4)cc3)c21. The van der Waals surface area contributed by atoms with Crippen molar-refractivity contribution in [1.29, 1.82) is 0 Å². The molecule has 0 radical (unpaired) electrons. The van der Waals surface area contributed by atoms with Crippen molar-refractivity contribution in [2.24, 2.45) is 0 Å². The van der Waals surface area contributed by atoms with Gasteiger partial charge in [-0.25, -0.2) is 9.97 Å². The van der Waals surface area contributed by atoms with Gasteiger partial charge in [-0.1, -0.05) is 130 Å². The van der Waals surface area contributed by atoms with Crippen molar-refractivity contribution in [2.45, 2.75) is 26.2 Å². The van der Waals surface area contributed by atoms with Crippen LogP contribution >= 0.6 is 11.3 Å². The van der Waals surface area contributed by atoms with Crippen LogP contribution in [0.2, 0.25) is 0 Å². The zero-order valence-corrected chi connectivity index (χ0v) is 32.3. The predicted octanol–water partition coefficient (Wildman–Crippen LogP) is 14.4. The first kappa shape index (κ1) is 32.8. The molecular formula is C52H37N3S. The molecule has 1 aliphatic rings. The van der Waals surface area contributed by atoms with Gasteiger partial charge in [-0.05, 0) is 88.5 Å². The Morgan fingerprint density at radius 3 is 2.09 bits per heavy atom. The van der Waals surface area contributed by atoms with Crippen LogP contribution < -0.4 is 0 Å². The highest BCUT2D eigenvalue weighted by Gasteiger charge is 2.35. The fraction of sp³-hybridized carbons (Fsp3) is 0.0769. The maximum absolute atomic E-state index is 5.34. The largest absolute Gasteiger partial charge is 0.308 e. The first-order valence-corrected chi connectivity index (χ1v) is 20.1. The second-order valence-electron chi connectivity index (χ2n) is 15.3. The molecule has 0 fully saturated rings. The molecule has 0 aliphatic heterocycles. The number of hydrogen-bond donors (Lipinski definition) is 0. The van der Waals surface area contributed by atoms with E-state index in [4.69, 9.17) is 9.97 Å². The van der Waals surface area contributed by atoms with Crippen LogP contribution in [-0.2, 0) is 5.41 Å². The average molecular weight is 736 g/mol. The molecule has 0 saturated heterocycles. The normalized spacial score (nSPS) is 13.4. The van der Waals surface area contributed by atoms with Gasteiger partial charge in [0.15, 0.2) is 5.82 Å². The number of fused-ring (bicyclic) bond motifs is 12. The van der Waals surface area contributed by atoms with E-state index >= 15 is 0 Å². The molecule has 0 saturated carbocycles.